The van der Waals surface area contributed by atoms with Crippen molar-refractivity contribution in [3.05, 3.63) is 0 Å². The van der Waals surface area contributed by atoms with E-state index in [4.69, 9.17) is 0 Å². The Bertz CT molecular complexity index is 361. The van der Waals surface area contributed by atoms with Gasteiger partial charge in [0.1, 0.15) is 5.78 Å². The van der Waals surface area contributed by atoms with Crippen LogP contribution in [0.4, 0.5) is 0 Å². The van der Waals surface area contributed by atoms with E-state index in [1.807, 2.05) is 11.9 Å². The van der Waals surface area contributed by atoms with Crippen LogP contribution >= 0.6 is 0 Å². The summed E-state index contributed by atoms with van der Waals surface area (Å²) in [6, 6.07) is 0. The average Bonchev–Trinajstić information content (AvgIpc) is 2.37. The number of carbonyl (C=O) groups is 2. The van der Waals surface area contributed by atoms with Crippen LogP contribution in [-0.2, 0) is 9.59 Å². The van der Waals surface area contributed by atoms with Crippen molar-refractivity contribution in [1.82, 2.24) is 4.90 Å². The summed E-state index contributed by atoms with van der Waals surface area (Å²) in [6.07, 6.45) is 3.97. The predicted octanol–water partition coefficient (Wildman–Crippen LogP) is 2.39. The Hall–Kier alpha value is -0.860. The number of Topliss-reactive ketones (excluding diaryl/α,β-unsaturated/α-hetero) is 1. The average molecular weight is 237 g/mol. The highest BCUT2D eigenvalue weighted by Crippen LogP contribution is 2.50. The SMILES string of the molecule is CN1C(=O)CCC[C@H]2C(C)(C)C(=O)CC[C@@]21C. The second kappa shape index (κ2) is 3.82. The zero-order chi connectivity index (χ0) is 12.8. The third kappa shape index (κ3) is 1.71. The summed E-state index contributed by atoms with van der Waals surface area (Å²) in [5.41, 5.74) is -0.420. The first-order valence-corrected chi connectivity index (χ1v) is 6.60. The maximum atomic E-state index is 12.1. The van der Waals surface area contributed by atoms with Crippen molar-refractivity contribution in [3.63, 3.8) is 0 Å². The van der Waals surface area contributed by atoms with E-state index >= 15 is 0 Å². The van der Waals surface area contributed by atoms with Gasteiger partial charge in [-0.3, -0.25) is 9.59 Å². The molecule has 2 atom stereocenters. The topological polar surface area (TPSA) is 37.4 Å². The van der Waals surface area contributed by atoms with Crippen LogP contribution in [0.3, 0.4) is 0 Å². The van der Waals surface area contributed by atoms with Gasteiger partial charge in [-0.2, -0.15) is 0 Å². The van der Waals surface area contributed by atoms with E-state index in [-0.39, 0.29) is 16.9 Å². The van der Waals surface area contributed by atoms with Gasteiger partial charge in [0.2, 0.25) is 5.91 Å². The fraction of sp³-hybridized carbons (Fsp3) is 0.857. The zero-order valence-corrected chi connectivity index (χ0v) is 11.4. The Morgan fingerprint density at radius 1 is 1.18 bits per heavy atom. The van der Waals surface area contributed by atoms with Crippen LogP contribution in [0.1, 0.15) is 52.9 Å². The minimum atomic E-state index is -0.286. The first kappa shape index (κ1) is 12.6. The summed E-state index contributed by atoms with van der Waals surface area (Å²) in [7, 11) is 1.91. The quantitative estimate of drug-likeness (QED) is 0.648. The Labute approximate surface area is 104 Å². The number of likely N-dealkylation sites (tertiary alicyclic amines) is 1. The molecule has 3 heteroatoms. The van der Waals surface area contributed by atoms with E-state index in [0.717, 1.165) is 19.3 Å². The van der Waals surface area contributed by atoms with Crippen LogP contribution in [0.15, 0.2) is 0 Å². The maximum absolute atomic E-state index is 12.1. The number of ketones is 1. The van der Waals surface area contributed by atoms with Gasteiger partial charge in [-0.25, -0.2) is 0 Å². The van der Waals surface area contributed by atoms with E-state index in [9.17, 15) is 9.59 Å². The third-order valence-electron chi connectivity index (χ3n) is 5.22. The van der Waals surface area contributed by atoms with Crippen LogP contribution in [0.2, 0.25) is 0 Å². The lowest BCUT2D eigenvalue weighted by Gasteiger charge is -2.52. The molecule has 3 nitrogen and oxygen atoms in total. The van der Waals surface area contributed by atoms with Crippen molar-refractivity contribution in [2.24, 2.45) is 11.3 Å². The van der Waals surface area contributed by atoms with E-state index in [1.54, 1.807) is 0 Å². The Kier molecular flexibility index (Phi) is 2.83. The molecule has 1 saturated heterocycles. The second-order valence-electron chi connectivity index (χ2n) is 6.40. The minimum absolute atomic E-state index is 0.134. The first-order valence-electron chi connectivity index (χ1n) is 6.60. The standard InChI is InChI=1S/C14H23NO2/c1-13(2)10-6-5-7-12(17)15(4)14(10,3)9-8-11(13)16/h10H,5-9H2,1-4H3/t10-,14-/m0/s1. The molecule has 1 heterocycles. The molecule has 0 unspecified atom stereocenters. The zero-order valence-electron chi connectivity index (χ0n) is 11.4. The molecular formula is C14H23NO2. The predicted molar refractivity (Wildman–Crippen MR) is 66.5 cm³/mol. The summed E-state index contributed by atoms with van der Waals surface area (Å²) in [5.74, 6) is 0.899. The van der Waals surface area contributed by atoms with Crippen LogP contribution in [-0.4, -0.2) is 29.2 Å². The summed E-state index contributed by atoms with van der Waals surface area (Å²) >= 11 is 0. The van der Waals surface area contributed by atoms with E-state index < -0.39 is 0 Å². The fourth-order valence-corrected chi connectivity index (χ4v) is 3.82. The molecule has 2 fully saturated rings. The number of fused-ring (bicyclic) bond motifs is 1. The van der Waals surface area contributed by atoms with E-state index in [2.05, 4.69) is 20.8 Å². The van der Waals surface area contributed by atoms with Crippen molar-refractivity contribution < 1.29 is 9.59 Å². The van der Waals surface area contributed by atoms with Crippen LogP contribution in [0, 0.1) is 11.3 Å². The molecule has 1 aliphatic heterocycles. The third-order valence-corrected chi connectivity index (χ3v) is 5.22. The van der Waals surface area contributed by atoms with E-state index in [0.29, 0.717) is 24.5 Å². The highest BCUT2D eigenvalue weighted by atomic mass is 16.2. The van der Waals surface area contributed by atoms with Crippen molar-refractivity contribution in [1.29, 1.82) is 0 Å². The lowest BCUT2D eigenvalue weighted by atomic mass is 9.58. The number of nitrogens with zero attached hydrogens (tertiary/aromatic N) is 1. The molecule has 1 saturated carbocycles. The first-order chi connectivity index (χ1) is 7.80. The molecule has 17 heavy (non-hydrogen) atoms. The Balaban J connectivity index is 2.43. The lowest BCUT2D eigenvalue weighted by Crippen LogP contribution is -2.59. The molecule has 0 aromatic rings. The van der Waals surface area contributed by atoms with Crippen molar-refractivity contribution in [2.45, 2.75) is 58.4 Å². The number of hydrogen-bond acceptors (Lipinski definition) is 2. The highest BCUT2D eigenvalue weighted by molar-refractivity contribution is 5.86. The molecule has 0 aromatic heterocycles. The van der Waals surface area contributed by atoms with Gasteiger partial charge in [0.25, 0.3) is 0 Å². The van der Waals surface area contributed by atoms with Gasteiger partial charge in [-0.1, -0.05) is 13.8 Å². The lowest BCUT2D eigenvalue weighted by molar-refractivity contribution is -0.149. The minimum Gasteiger partial charge on any atom is -0.340 e. The molecule has 1 amide bonds. The number of hydrogen-bond donors (Lipinski definition) is 0. The molecule has 2 rings (SSSR count). The summed E-state index contributed by atoms with van der Waals surface area (Å²) in [5, 5.41) is 0. The number of carbonyl (C=O) groups excluding carboxylic acids is 2. The van der Waals surface area contributed by atoms with Crippen molar-refractivity contribution in [2.75, 3.05) is 7.05 Å². The summed E-state index contributed by atoms with van der Waals surface area (Å²) in [6.45, 7) is 6.27. The molecular weight excluding hydrogens is 214 g/mol. The summed E-state index contributed by atoms with van der Waals surface area (Å²) < 4.78 is 0. The van der Waals surface area contributed by atoms with E-state index in [1.165, 1.54) is 0 Å². The largest absolute Gasteiger partial charge is 0.340 e. The molecule has 1 aliphatic carbocycles. The van der Waals surface area contributed by atoms with Gasteiger partial charge >= 0.3 is 0 Å². The van der Waals surface area contributed by atoms with Crippen LogP contribution in [0.25, 0.3) is 0 Å². The summed E-state index contributed by atoms with van der Waals surface area (Å²) in [4.78, 5) is 26.0. The number of rotatable bonds is 0. The van der Waals surface area contributed by atoms with Crippen molar-refractivity contribution >= 4 is 11.7 Å². The molecule has 96 valence electrons. The fourth-order valence-electron chi connectivity index (χ4n) is 3.82. The molecule has 0 radical (unpaired) electrons. The van der Waals surface area contributed by atoms with Gasteiger partial charge in [0, 0.05) is 30.8 Å². The highest BCUT2D eigenvalue weighted by Gasteiger charge is 2.54. The molecule has 0 spiro atoms. The molecule has 0 bridgehead atoms. The Morgan fingerprint density at radius 2 is 1.82 bits per heavy atom. The van der Waals surface area contributed by atoms with Gasteiger partial charge in [-0.15, -0.1) is 0 Å². The molecule has 2 aliphatic rings. The van der Waals surface area contributed by atoms with Gasteiger partial charge < -0.3 is 4.90 Å². The Morgan fingerprint density at radius 3 is 2.47 bits per heavy atom. The number of amides is 1. The molecule has 0 aromatic carbocycles. The monoisotopic (exact) mass is 237 g/mol. The van der Waals surface area contributed by atoms with Gasteiger partial charge in [0.15, 0.2) is 0 Å². The van der Waals surface area contributed by atoms with Crippen LogP contribution in [0.5, 0.6) is 0 Å². The van der Waals surface area contributed by atoms with Crippen molar-refractivity contribution in [3.8, 4) is 0 Å². The smallest absolute Gasteiger partial charge is 0.222 e. The van der Waals surface area contributed by atoms with Gasteiger partial charge in [0.05, 0.1) is 0 Å². The van der Waals surface area contributed by atoms with Crippen LogP contribution < -0.4 is 0 Å². The van der Waals surface area contributed by atoms with Gasteiger partial charge in [-0.05, 0) is 32.1 Å². The maximum Gasteiger partial charge on any atom is 0.222 e. The molecule has 0 N–H and O–H groups in total. The second-order valence-corrected chi connectivity index (χ2v) is 6.40. The normalized spacial score (nSPS) is 37.6.